The quantitative estimate of drug-likeness (QED) is 0.205. The summed E-state index contributed by atoms with van der Waals surface area (Å²) >= 11 is 0. The van der Waals surface area contributed by atoms with Gasteiger partial charge in [-0.3, -0.25) is 0 Å². The highest BCUT2D eigenvalue weighted by Crippen LogP contribution is 2.44. The van der Waals surface area contributed by atoms with E-state index in [2.05, 4.69) is 156 Å². The Morgan fingerprint density at radius 2 is 1.14 bits per heavy atom. The van der Waals surface area contributed by atoms with Crippen molar-refractivity contribution >= 4 is 43.6 Å². The molecule has 0 amide bonds. The molecule has 2 heterocycles. The SMILES string of the molecule is CCc1ccccc1.c1ccc(-n2c3ccccc3c3c2ccc2c4ccccc4n(-c4cccc(C5CC5)c4)c23)cc1. The molecule has 2 aromatic heterocycles. The van der Waals surface area contributed by atoms with Gasteiger partial charge in [0.15, 0.2) is 0 Å². The summed E-state index contributed by atoms with van der Waals surface area (Å²) in [5, 5.41) is 5.22. The Hall–Kier alpha value is -5.08. The molecule has 0 bridgehead atoms. The van der Waals surface area contributed by atoms with Crippen LogP contribution in [0.4, 0.5) is 0 Å². The molecule has 0 aliphatic heterocycles. The lowest BCUT2D eigenvalue weighted by atomic mass is 10.1. The molecule has 0 atom stereocenters. The zero-order valence-corrected chi connectivity index (χ0v) is 24.4. The molecule has 0 spiro atoms. The molecular formula is C41H34N2. The van der Waals surface area contributed by atoms with E-state index in [0.29, 0.717) is 0 Å². The van der Waals surface area contributed by atoms with Crippen molar-refractivity contribution in [1.82, 2.24) is 9.13 Å². The van der Waals surface area contributed by atoms with E-state index >= 15 is 0 Å². The van der Waals surface area contributed by atoms with E-state index in [1.54, 1.807) is 0 Å². The van der Waals surface area contributed by atoms with Crippen molar-refractivity contribution in [2.45, 2.75) is 32.1 Å². The summed E-state index contributed by atoms with van der Waals surface area (Å²) < 4.78 is 4.91. The Bertz CT molecular complexity index is 2210. The van der Waals surface area contributed by atoms with Gasteiger partial charge in [-0.15, -0.1) is 0 Å². The van der Waals surface area contributed by atoms with Crippen molar-refractivity contribution in [2.75, 3.05) is 0 Å². The van der Waals surface area contributed by atoms with Crippen molar-refractivity contribution in [1.29, 1.82) is 0 Å². The number of para-hydroxylation sites is 3. The number of aryl methyl sites for hydroxylation is 1. The standard InChI is InChI=1S/C33H24N2.C8H10/c1-2-10-24(11-3-1)34-30-16-7-5-14-28(30)32-31(34)20-19-27-26-13-4-6-15-29(26)35(33(27)32)25-12-8-9-23(21-25)22-17-18-22;1-2-8-6-4-3-5-7-8/h1-16,19-22H,17-18H2;3-7H,2H2,1H3. The molecule has 208 valence electrons. The largest absolute Gasteiger partial charge is 0.309 e. The molecule has 1 aliphatic rings. The third-order valence-electron chi connectivity index (χ3n) is 8.91. The van der Waals surface area contributed by atoms with Gasteiger partial charge in [0.05, 0.1) is 22.1 Å². The van der Waals surface area contributed by atoms with Gasteiger partial charge in [-0.2, -0.15) is 0 Å². The van der Waals surface area contributed by atoms with E-state index in [-0.39, 0.29) is 0 Å². The highest BCUT2D eigenvalue weighted by molar-refractivity contribution is 6.26. The molecule has 0 N–H and O–H groups in total. The van der Waals surface area contributed by atoms with Crippen LogP contribution in [0, 0.1) is 0 Å². The molecule has 9 rings (SSSR count). The molecule has 6 aromatic carbocycles. The maximum absolute atomic E-state index is 2.50. The van der Waals surface area contributed by atoms with E-state index in [1.165, 1.54) is 79.0 Å². The summed E-state index contributed by atoms with van der Waals surface area (Å²) in [6, 6.07) is 52.7. The Labute approximate surface area is 252 Å². The highest BCUT2D eigenvalue weighted by atomic mass is 15.0. The lowest BCUT2D eigenvalue weighted by Gasteiger charge is -2.11. The van der Waals surface area contributed by atoms with Crippen LogP contribution in [0.2, 0.25) is 0 Å². The second-order valence-corrected chi connectivity index (χ2v) is 11.6. The van der Waals surface area contributed by atoms with Crippen LogP contribution in [-0.2, 0) is 6.42 Å². The number of rotatable bonds is 4. The summed E-state index contributed by atoms with van der Waals surface area (Å²) in [5.41, 5.74) is 10.4. The van der Waals surface area contributed by atoms with E-state index in [1.807, 2.05) is 6.07 Å². The zero-order chi connectivity index (χ0) is 28.8. The van der Waals surface area contributed by atoms with Crippen LogP contribution in [0.15, 0.2) is 146 Å². The van der Waals surface area contributed by atoms with E-state index in [9.17, 15) is 0 Å². The van der Waals surface area contributed by atoms with Crippen molar-refractivity contribution < 1.29 is 0 Å². The maximum Gasteiger partial charge on any atom is 0.0641 e. The molecular weight excluding hydrogens is 520 g/mol. The molecule has 8 aromatic rings. The maximum atomic E-state index is 2.50. The van der Waals surface area contributed by atoms with Gasteiger partial charge >= 0.3 is 0 Å². The van der Waals surface area contributed by atoms with Gasteiger partial charge in [0, 0.05) is 32.9 Å². The first-order valence-electron chi connectivity index (χ1n) is 15.5. The lowest BCUT2D eigenvalue weighted by Crippen LogP contribution is -1.96. The number of nitrogens with zero attached hydrogens (tertiary/aromatic N) is 2. The van der Waals surface area contributed by atoms with Crippen LogP contribution in [0.1, 0.15) is 36.8 Å². The summed E-state index contributed by atoms with van der Waals surface area (Å²) in [7, 11) is 0. The molecule has 43 heavy (non-hydrogen) atoms. The van der Waals surface area contributed by atoms with Crippen LogP contribution in [-0.4, -0.2) is 9.13 Å². The Balaban J connectivity index is 0.000000304. The Morgan fingerprint density at radius 1 is 0.512 bits per heavy atom. The summed E-state index contributed by atoms with van der Waals surface area (Å²) in [4.78, 5) is 0. The fraction of sp³-hybridized carbons (Fsp3) is 0.122. The van der Waals surface area contributed by atoms with E-state index in [4.69, 9.17) is 0 Å². The van der Waals surface area contributed by atoms with Gasteiger partial charge in [0.1, 0.15) is 0 Å². The first kappa shape index (κ1) is 25.6. The van der Waals surface area contributed by atoms with Crippen molar-refractivity contribution in [3.05, 3.63) is 157 Å². The molecule has 0 saturated heterocycles. The second-order valence-electron chi connectivity index (χ2n) is 11.6. The smallest absolute Gasteiger partial charge is 0.0641 e. The average Bonchev–Trinajstić information content (AvgIpc) is 3.81. The van der Waals surface area contributed by atoms with E-state index < -0.39 is 0 Å². The molecule has 0 radical (unpaired) electrons. The molecule has 1 aliphatic carbocycles. The highest BCUT2D eigenvalue weighted by Gasteiger charge is 2.25. The number of aromatic nitrogens is 2. The monoisotopic (exact) mass is 554 g/mol. The third-order valence-corrected chi connectivity index (χ3v) is 8.91. The minimum atomic E-state index is 0.725. The van der Waals surface area contributed by atoms with Crippen molar-refractivity contribution in [3.8, 4) is 11.4 Å². The number of hydrogen-bond donors (Lipinski definition) is 0. The van der Waals surface area contributed by atoms with Gasteiger partial charge in [-0.1, -0.05) is 110 Å². The third kappa shape index (κ3) is 4.42. The number of benzene rings is 6. The fourth-order valence-electron chi connectivity index (χ4n) is 6.68. The minimum absolute atomic E-state index is 0.725. The van der Waals surface area contributed by atoms with Crippen molar-refractivity contribution in [2.24, 2.45) is 0 Å². The van der Waals surface area contributed by atoms with E-state index in [0.717, 1.165) is 12.3 Å². The predicted octanol–water partition coefficient (Wildman–Crippen LogP) is 11.0. The Kier molecular flexibility index (Phi) is 6.34. The van der Waals surface area contributed by atoms with Crippen LogP contribution in [0.25, 0.3) is 55.0 Å². The van der Waals surface area contributed by atoms with Gasteiger partial charge < -0.3 is 9.13 Å². The lowest BCUT2D eigenvalue weighted by molar-refractivity contribution is 1.10. The summed E-state index contributed by atoms with van der Waals surface area (Å²) in [5.74, 6) is 0.725. The second kappa shape index (κ2) is 10.6. The van der Waals surface area contributed by atoms with Gasteiger partial charge in [0.25, 0.3) is 0 Å². The average molecular weight is 555 g/mol. The fourth-order valence-corrected chi connectivity index (χ4v) is 6.68. The van der Waals surface area contributed by atoms with Gasteiger partial charge in [-0.25, -0.2) is 0 Å². The first-order chi connectivity index (χ1) is 21.3. The number of hydrogen-bond acceptors (Lipinski definition) is 0. The van der Waals surface area contributed by atoms with Crippen LogP contribution < -0.4 is 0 Å². The number of fused-ring (bicyclic) bond motifs is 7. The first-order valence-corrected chi connectivity index (χ1v) is 15.5. The minimum Gasteiger partial charge on any atom is -0.309 e. The molecule has 1 saturated carbocycles. The zero-order valence-electron chi connectivity index (χ0n) is 24.4. The predicted molar refractivity (Wildman–Crippen MR) is 183 cm³/mol. The normalized spacial score (nSPS) is 13.0. The van der Waals surface area contributed by atoms with Gasteiger partial charge in [-0.05, 0) is 78.8 Å². The summed E-state index contributed by atoms with van der Waals surface area (Å²) in [6.45, 7) is 2.16. The van der Waals surface area contributed by atoms with Gasteiger partial charge in [0.2, 0.25) is 0 Å². The Morgan fingerprint density at radius 3 is 1.84 bits per heavy atom. The molecule has 0 unspecified atom stereocenters. The summed E-state index contributed by atoms with van der Waals surface area (Å²) in [6.07, 6.45) is 3.76. The molecule has 1 fully saturated rings. The molecule has 2 nitrogen and oxygen atoms in total. The van der Waals surface area contributed by atoms with Crippen LogP contribution in [0.3, 0.4) is 0 Å². The molecule has 2 heteroatoms. The van der Waals surface area contributed by atoms with Crippen molar-refractivity contribution in [3.63, 3.8) is 0 Å². The van der Waals surface area contributed by atoms with Crippen LogP contribution >= 0.6 is 0 Å². The van der Waals surface area contributed by atoms with Crippen LogP contribution in [0.5, 0.6) is 0 Å². The topological polar surface area (TPSA) is 9.86 Å².